The van der Waals surface area contributed by atoms with Crippen LogP contribution in [0.1, 0.15) is 5.56 Å². The molecule has 3 N–H and O–H groups in total. The molecule has 0 saturated carbocycles. The Morgan fingerprint density at radius 3 is 3.00 bits per heavy atom. The molecular formula is C11H9N5O2S. The largest absolute Gasteiger partial charge is 0.481 e. The normalized spacial score (nSPS) is 10.1. The molecule has 1 heterocycles. The number of aromatic nitrogens is 3. The molecule has 2 aromatic rings. The summed E-state index contributed by atoms with van der Waals surface area (Å²) in [6, 6.07) is 8.79. The first-order valence-corrected chi connectivity index (χ1v) is 6.16. The molecule has 0 unspecified atom stereocenters. The van der Waals surface area contributed by atoms with Gasteiger partial charge in [-0.1, -0.05) is 23.9 Å². The summed E-state index contributed by atoms with van der Waals surface area (Å²) in [7, 11) is 0. The summed E-state index contributed by atoms with van der Waals surface area (Å²) in [6.45, 7) is 0. The third-order valence-electron chi connectivity index (χ3n) is 2.24. The van der Waals surface area contributed by atoms with Crippen LogP contribution in [0.25, 0.3) is 11.4 Å². The molecule has 0 radical (unpaired) electrons. The molecule has 0 fully saturated rings. The lowest BCUT2D eigenvalue weighted by molar-refractivity contribution is -0.133. The van der Waals surface area contributed by atoms with Gasteiger partial charge in [0.1, 0.15) is 0 Å². The van der Waals surface area contributed by atoms with E-state index in [1.807, 2.05) is 6.07 Å². The van der Waals surface area contributed by atoms with Gasteiger partial charge in [0.25, 0.3) is 0 Å². The van der Waals surface area contributed by atoms with E-state index >= 15 is 0 Å². The maximum absolute atomic E-state index is 10.5. The predicted octanol–water partition coefficient (Wildman–Crippen LogP) is 0.707. The monoisotopic (exact) mass is 275 g/mol. The molecule has 0 aliphatic rings. The second-order valence-electron chi connectivity index (χ2n) is 3.55. The van der Waals surface area contributed by atoms with Gasteiger partial charge in [0.15, 0.2) is 5.82 Å². The van der Waals surface area contributed by atoms with Crippen molar-refractivity contribution in [2.75, 3.05) is 11.6 Å². The number of carboxylic acids is 1. The summed E-state index contributed by atoms with van der Waals surface area (Å²) in [5.74, 6) is 5.09. The number of hydrogen-bond donors (Lipinski definition) is 2. The SMILES string of the molecule is N#Cc1cccc(-c2nnc(SCC(=O)O)n2N)c1. The van der Waals surface area contributed by atoms with E-state index in [-0.39, 0.29) is 5.75 Å². The molecule has 0 atom stereocenters. The van der Waals surface area contributed by atoms with Gasteiger partial charge in [-0.2, -0.15) is 5.26 Å². The van der Waals surface area contributed by atoms with Crippen LogP contribution in [0.4, 0.5) is 0 Å². The number of carboxylic acid groups (broad SMARTS) is 1. The first-order valence-electron chi connectivity index (χ1n) is 5.17. The summed E-state index contributed by atoms with van der Waals surface area (Å²) >= 11 is 0.980. The van der Waals surface area contributed by atoms with Crippen molar-refractivity contribution in [3.8, 4) is 17.5 Å². The minimum atomic E-state index is -0.957. The summed E-state index contributed by atoms with van der Waals surface area (Å²) in [4.78, 5) is 10.5. The average molecular weight is 275 g/mol. The van der Waals surface area contributed by atoms with E-state index in [0.29, 0.717) is 22.1 Å². The van der Waals surface area contributed by atoms with E-state index < -0.39 is 5.97 Å². The number of hydrogen-bond acceptors (Lipinski definition) is 6. The van der Waals surface area contributed by atoms with Crippen LogP contribution < -0.4 is 5.84 Å². The van der Waals surface area contributed by atoms with Crippen molar-refractivity contribution in [2.24, 2.45) is 0 Å². The lowest BCUT2D eigenvalue weighted by Gasteiger charge is -2.02. The van der Waals surface area contributed by atoms with E-state index in [9.17, 15) is 4.79 Å². The second-order valence-corrected chi connectivity index (χ2v) is 4.49. The lowest BCUT2D eigenvalue weighted by atomic mass is 10.1. The fraction of sp³-hybridized carbons (Fsp3) is 0.0909. The quantitative estimate of drug-likeness (QED) is 0.623. The topological polar surface area (TPSA) is 118 Å². The third-order valence-corrected chi connectivity index (χ3v) is 3.17. The van der Waals surface area contributed by atoms with Gasteiger partial charge in [-0.25, -0.2) is 4.68 Å². The highest BCUT2D eigenvalue weighted by molar-refractivity contribution is 7.99. The Morgan fingerprint density at radius 1 is 1.53 bits per heavy atom. The predicted molar refractivity (Wildman–Crippen MR) is 68.7 cm³/mol. The van der Waals surface area contributed by atoms with Gasteiger partial charge in [0, 0.05) is 5.56 Å². The van der Waals surface area contributed by atoms with E-state index in [1.54, 1.807) is 24.3 Å². The van der Waals surface area contributed by atoms with Gasteiger partial charge in [0.2, 0.25) is 5.16 Å². The zero-order chi connectivity index (χ0) is 13.8. The van der Waals surface area contributed by atoms with Crippen molar-refractivity contribution in [1.29, 1.82) is 5.26 Å². The Hall–Kier alpha value is -2.53. The molecule has 7 nitrogen and oxygen atoms in total. The molecule has 1 aromatic heterocycles. The highest BCUT2D eigenvalue weighted by Gasteiger charge is 2.13. The second kappa shape index (κ2) is 5.41. The number of nitrogen functional groups attached to an aromatic ring is 1. The molecule has 19 heavy (non-hydrogen) atoms. The third kappa shape index (κ3) is 2.83. The zero-order valence-electron chi connectivity index (χ0n) is 9.65. The Balaban J connectivity index is 2.31. The van der Waals surface area contributed by atoms with Gasteiger partial charge >= 0.3 is 5.97 Å². The molecule has 96 valence electrons. The Morgan fingerprint density at radius 2 is 2.32 bits per heavy atom. The van der Waals surface area contributed by atoms with Crippen LogP contribution in [0.3, 0.4) is 0 Å². The minimum absolute atomic E-state index is 0.145. The molecule has 0 saturated heterocycles. The molecule has 8 heteroatoms. The number of benzene rings is 1. The van der Waals surface area contributed by atoms with E-state index in [2.05, 4.69) is 10.2 Å². The Labute approximate surface area is 112 Å². The maximum atomic E-state index is 10.5. The summed E-state index contributed by atoms with van der Waals surface area (Å²) in [5.41, 5.74) is 1.14. The van der Waals surface area contributed by atoms with Gasteiger partial charge < -0.3 is 10.9 Å². The molecule has 0 aliphatic heterocycles. The highest BCUT2D eigenvalue weighted by Crippen LogP contribution is 2.21. The molecule has 1 aromatic carbocycles. The van der Waals surface area contributed by atoms with E-state index in [0.717, 1.165) is 11.8 Å². The zero-order valence-corrected chi connectivity index (χ0v) is 10.5. The van der Waals surface area contributed by atoms with E-state index in [4.69, 9.17) is 16.2 Å². The van der Waals surface area contributed by atoms with Crippen LogP contribution in [-0.4, -0.2) is 31.7 Å². The van der Waals surface area contributed by atoms with Gasteiger partial charge in [-0.15, -0.1) is 10.2 Å². The highest BCUT2D eigenvalue weighted by atomic mass is 32.2. The van der Waals surface area contributed by atoms with Crippen LogP contribution in [0.2, 0.25) is 0 Å². The molecule has 0 aliphatic carbocycles. The van der Waals surface area contributed by atoms with Crippen molar-refractivity contribution in [3.63, 3.8) is 0 Å². The molecule has 2 rings (SSSR count). The average Bonchev–Trinajstić information content (AvgIpc) is 2.78. The standard InChI is InChI=1S/C11H9N5O2S/c12-5-7-2-1-3-8(4-7)10-14-15-11(16(10)13)19-6-9(17)18/h1-4H,6,13H2,(H,17,18). The maximum Gasteiger partial charge on any atom is 0.313 e. The Bertz CT molecular complexity index is 661. The molecular weight excluding hydrogens is 266 g/mol. The van der Waals surface area contributed by atoms with Gasteiger partial charge in [0.05, 0.1) is 17.4 Å². The van der Waals surface area contributed by atoms with Crippen LogP contribution in [0.15, 0.2) is 29.4 Å². The summed E-state index contributed by atoms with van der Waals surface area (Å²) in [6.07, 6.45) is 0. The number of nitriles is 1. The smallest absolute Gasteiger partial charge is 0.313 e. The number of rotatable bonds is 4. The number of nitrogens with zero attached hydrogens (tertiary/aromatic N) is 4. The van der Waals surface area contributed by atoms with E-state index in [1.165, 1.54) is 4.68 Å². The number of thioether (sulfide) groups is 1. The summed E-state index contributed by atoms with van der Waals surface area (Å²) in [5, 5.41) is 25.5. The molecule has 0 amide bonds. The number of carbonyl (C=O) groups is 1. The first kappa shape index (κ1) is 12.9. The lowest BCUT2D eigenvalue weighted by Crippen LogP contribution is -2.12. The van der Waals surface area contributed by atoms with Gasteiger partial charge in [-0.3, -0.25) is 4.79 Å². The van der Waals surface area contributed by atoms with Crippen LogP contribution in [-0.2, 0) is 4.79 Å². The van der Waals surface area contributed by atoms with Crippen molar-refractivity contribution >= 4 is 17.7 Å². The number of aliphatic carboxylic acids is 1. The van der Waals surface area contributed by atoms with Crippen molar-refractivity contribution in [1.82, 2.24) is 14.9 Å². The summed E-state index contributed by atoms with van der Waals surface area (Å²) < 4.78 is 1.21. The minimum Gasteiger partial charge on any atom is -0.481 e. The van der Waals surface area contributed by atoms with Crippen molar-refractivity contribution in [3.05, 3.63) is 29.8 Å². The fourth-order valence-corrected chi connectivity index (χ4v) is 2.00. The number of nitrogens with two attached hydrogens (primary N) is 1. The van der Waals surface area contributed by atoms with Crippen molar-refractivity contribution < 1.29 is 9.90 Å². The Kier molecular flexibility index (Phi) is 3.68. The molecule has 0 spiro atoms. The van der Waals surface area contributed by atoms with Crippen LogP contribution in [0.5, 0.6) is 0 Å². The van der Waals surface area contributed by atoms with Crippen LogP contribution >= 0.6 is 11.8 Å². The first-order chi connectivity index (χ1) is 9.11. The fourth-order valence-electron chi connectivity index (χ4n) is 1.43. The van der Waals surface area contributed by atoms with Crippen molar-refractivity contribution in [2.45, 2.75) is 5.16 Å². The van der Waals surface area contributed by atoms with Crippen LogP contribution in [0, 0.1) is 11.3 Å². The molecule has 0 bridgehead atoms. The van der Waals surface area contributed by atoms with Gasteiger partial charge in [-0.05, 0) is 12.1 Å².